The first-order valence-electron chi connectivity index (χ1n) is 5.29. The Hall–Kier alpha value is -0.170. The van der Waals surface area contributed by atoms with E-state index in [1.54, 1.807) is 7.11 Å². The lowest BCUT2D eigenvalue weighted by molar-refractivity contribution is 0.0981. The molecule has 2 aliphatic heterocycles. The Morgan fingerprint density at radius 3 is 3.00 bits per heavy atom. The number of fused-ring (bicyclic) bond motifs is 1. The summed E-state index contributed by atoms with van der Waals surface area (Å²) in [5, 5.41) is 3.28. The van der Waals surface area contributed by atoms with E-state index in [-0.39, 0.29) is 12.1 Å². The van der Waals surface area contributed by atoms with Crippen LogP contribution in [0, 0.1) is 0 Å². The molecule has 0 saturated carbocycles. The molecule has 0 bridgehead atoms. The zero-order chi connectivity index (χ0) is 10.9. The number of hydrogen-bond donors (Lipinski definition) is 1. The van der Waals surface area contributed by atoms with Crippen molar-refractivity contribution in [2.75, 3.05) is 44.9 Å². The Bertz CT molecular complexity index is 317. The van der Waals surface area contributed by atoms with Crippen LogP contribution in [0.25, 0.3) is 0 Å². The summed E-state index contributed by atoms with van der Waals surface area (Å²) in [5.74, 6) is 0.593. The molecule has 2 heterocycles. The van der Waals surface area contributed by atoms with Gasteiger partial charge in [-0.25, -0.2) is 8.42 Å². The number of nitrogens with one attached hydrogen (secondary N) is 1. The molecule has 0 radical (unpaired) electrons. The zero-order valence-electron chi connectivity index (χ0n) is 8.98. The highest BCUT2D eigenvalue weighted by atomic mass is 32.2. The molecule has 0 spiro atoms. The molecule has 1 N–H and O–H groups in total. The van der Waals surface area contributed by atoms with Crippen LogP contribution in [-0.4, -0.2) is 70.3 Å². The Balaban J connectivity index is 2.02. The fourth-order valence-corrected chi connectivity index (χ4v) is 4.42. The third kappa shape index (κ3) is 2.50. The topological polar surface area (TPSA) is 58.6 Å². The van der Waals surface area contributed by atoms with Crippen molar-refractivity contribution in [3.63, 3.8) is 0 Å². The third-order valence-electron chi connectivity index (χ3n) is 3.18. The number of nitrogens with zero attached hydrogens (tertiary/aromatic N) is 1. The summed E-state index contributed by atoms with van der Waals surface area (Å²) in [4.78, 5) is 2.23. The van der Waals surface area contributed by atoms with E-state index in [1.807, 2.05) is 0 Å². The fourth-order valence-electron chi connectivity index (χ4n) is 2.43. The van der Waals surface area contributed by atoms with Gasteiger partial charge in [-0.15, -0.1) is 0 Å². The van der Waals surface area contributed by atoms with Crippen molar-refractivity contribution in [1.29, 1.82) is 0 Å². The smallest absolute Gasteiger partial charge is 0.153 e. The zero-order valence-corrected chi connectivity index (χ0v) is 9.79. The van der Waals surface area contributed by atoms with E-state index in [1.165, 1.54) is 0 Å². The second-order valence-electron chi connectivity index (χ2n) is 4.23. The summed E-state index contributed by atoms with van der Waals surface area (Å²) < 4.78 is 28.1. The van der Waals surface area contributed by atoms with Crippen LogP contribution in [0.2, 0.25) is 0 Å². The molecule has 0 aliphatic carbocycles. The Morgan fingerprint density at radius 1 is 1.47 bits per heavy atom. The second kappa shape index (κ2) is 4.37. The average Bonchev–Trinajstić information content (AvgIpc) is 2.49. The predicted octanol–water partition coefficient (Wildman–Crippen LogP) is -1.30. The molecule has 2 saturated heterocycles. The average molecular weight is 234 g/mol. The molecule has 0 amide bonds. The molecular formula is C9H18N2O3S. The maximum absolute atomic E-state index is 11.5. The van der Waals surface area contributed by atoms with Gasteiger partial charge in [-0.3, -0.25) is 4.90 Å². The van der Waals surface area contributed by atoms with Crippen LogP contribution in [0.15, 0.2) is 0 Å². The summed E-state index contributed by atoms with van der Waals surface area (Å²) in [6.07, 6.45) is 0. The van der Waals surface area contributed by atoms with Gasteiger partial charge in [-0.1, -0.05) is 0 Å². The second-order valence-corrected chi connectivity index (χ2v) is 6.39. The normalized spacial score (nSPS) is 35.3. The highest BCUT2D eigenvalue weighted by Crippen LogP contribution is 2.20. The standard InChI is InChI=1S/C9H18N2O3S/c1-14-5-4-11-3-2-10-8-6-15(12,13)7-9(8)11/h8-10H,2-7H2,1H3/t8-,9-/m0/s1. The SMILES string of the molecule is COCCN1CCN[C@H]2CS(=O)(=O)C[C@@H]21. The number of ether oxygens (including phenoxy) is 1. The van der Waals surface area contributed by atoms with E-state index in [9.17, 15) is 8.42 Å². The van der Waals surface area contributed by atoms with Crippen molar-refractivity contribution in [2.24, 2.45) is 0 Å². The van der Waals surface area contributed by atoms with Crippen molar-refractivity contribution in [3.8, 4) is 0 Å². The van der Waals surface area contributed by atoms with Gasteiger partial charge < -0.3 is 10.1 Å². The van der Waals surface area contributed by atoms with Gasteiger partial charge in [0, 0.05) is 38.8 Å². The molecule has 0 aromatic carbocycles. The van der Waals surface area contributed by atoms with Gasteiger partial charge in [-0.2, -0.15) is 0 Å². The van der Waals surface area contributed by atoms with E-state index in [2.05, 4.69) is 10.2 Å². The minimum absolute atomic E-state index is 0.126. The monoisotopic (exact) mass is 234 g/mol. The van der Waals surface area contributed by atoms with E-state index in [0.29, 0.717) is 18.1 Å². The highest BCUT2D eigenvalue weighted by molar-refractivity contribution is 7.91. The Labute approximate surface area is 90.7 Å². The van der Waals surface area contributed by atoms with E-state index in [0.717, 1.165) is 19.6 Å². The third-order valence-corrected chi connectivity index (χ3v) is 4.90. The van der Waals surface area contributed by atoms with Gasteiger partial charge in [-0.05, 0) is 0 Å². The van der Waals surface area contributed by atoms with Crippen LogP contribution >= 0.6 is 0 Å². The van der Waals surface area contributed by atoms with Gasteiger partial charge in [0.05, 0.1) is 18.1 Å². The van der Waals surface area contributed by atoms with Crippen LogP contribution < -0.4 is 5.32 Å². The van der Waals surface area contributed by atoms with Crippen LogP contribution in [0.4, 0.5) is 0 Å². The summed E-state index contributed by atoms with van der Waals surface area (Å²) in [6.45, 7) is 3.29. The predicted molar refractivity (Wildman–Crippen MR) is 57.7 cm³/mol. The molecule has 2 rings (SSSR count). The number of rotatable bonds is 3. The van der Waals surface area contributed by atoms with Gasteiger partial charge >= 0.3 is 0 Å². The van der Waals surface area contributed by atoms with Crippen molar-refractivity contribution in [1.82, 2.24) is 10.2 Å². The minimum atomic E-state index is -2.83. The lowest BCUT2D eigenvalue weighted by Crippen LogP contribution is -2.57. The molecule has 2 fully saturated rings. The summed E-state index contributed by atoms with van der Waals surface area (Å²) in [6, 6.07) is 0.277. The van der Waals surface area contributed by atoms with Crippen LogP contribution in [0.5, 0.6) is 0 Å². The molecule has 88 valence electrons. The van der Waals surface area contributed by atoms with Gasteiger partial charge in [0.2, 0.25) is 0 Å². The van der Waals surface area contributed by atoms with E-state index >= 15 is 0 Å². The first-order chi connectivity index (χ1) is 7.12. The molecule has 6 heteroatoms. The lowest BCUT2D eigenvalue weighted by Gasteiger charge is -2.37. The number of sulfone groups is 1. The first kappa shape index (κ1) is 11.3. The molecule has 2 atom stereocenters. The Morgan fingerprint density at radius 2 is 2.27 bits per heavy atom. The van der Waals surface area contributed by atoms with Crippen LogP contribution in [0.3, 0.4) is 0 Å². The minimum Gasteiger partial charge on any atom is -0.383 e. The summed E-state index contributed by atoms with van der Waals surface area (Å²) >= 11 is 0. The lowest BCUT2D eigenvalue weighted by atomic mass is 10.1. The number of piperazine rings is 1. The number of methoxy groups -OCH3 is 1. The van der Waals surface area contributed by atoms with Gasteiger partial charge in [0.25, 0.3) is 0 Å². The van der Waals surface area contributed by atoms with Crippen LogP contribution in [-0.2, 0) is 14.6 Å². The summed E-state index contributed by atoms with van der Waals surface area (Å²) in [7, 11) is -1.16. The largest absolute Gasteiger partial charge is 0.383 e. The molecule has 5 nitrogen and oxygen atoms in total. The molecule has 0 aromatic heterocycles. The first-order valence-corrected chi connectivity index (χ1v) is 7.11. The van der Waals surface area contributed by atoms with Crippen molar-refractivity contribution in [3.05, 3.63) is 0 Å². The number of hydrogen-bond acceptors (Lipinski definition) is 5. The maximum Gasteiger partial charge on any atom is 0.153 e. The van der Waals surface area contributed by atoms with E-state index in [4.69, 9.17) is 4.74 Å². The fraction of sp³-hybridized carbons (Fsp3) is 1.00. The molecule has 2 aliphatic rings. The van der Waals surface area contributed by atoms with Crippen molar-refractivity contribution >= 4 is 9.84 Å². The molecule has 0 aromatic rings. The molecule has 0 unspecified atom stereocenters. The van der Waals surface area contributed by atoms with E-state index < -0.39 is 9.84 Å². The van der Waals surface area contributed by atoms with Crippen LogP contribution in [0.1, 0.15) is 0 Å². The van der Waals surface area contributed by atoms with Crippen molar-refractivity contribution in [2.45, 2.75) is 12.1 Å². The highest BCUT2D eigenvalue weighted by Gasteiger charge is 2.42. The van der Waals surface area contributed by atoms with Crippen molar-refractivity contribution < 1.29 is 13.2 Å². The van der Waals surface area contributed by atoms with Gasteiger partial charge in [0.15, 0.2) is 9.84 Å². The quantitative estimate of drug-likeness (QED) is 0.658. The summed E-state index contributed by atoms with van der Waals surface area (Å²) in [5.41, 5.74) is 0. The Kier molecular flexibility index (Phi) is 3.30. The molecular weight excluding hydrogens is 216 g/mol. The molecule has 15 heavy (non-hydrogen) atoms. The maximum atomic E-state index is 11.5. The van der Waals surface area contributed by atoms with Gasteiger partial charge in [0.1, 0.15) is 0 Å².